The zero-order valence-corrected chi connectivity index (χ0v) is 18.9. The van der Waals surface area contributed by atoms with E-state index >= 15 is 0 Å². The monoisotopic (exact) mass is 451 g/mol. The molecule has 2 aliphatic rings. The number of methoxy groups -OCH3 is 2. The second-order valence-electron chi connectivity index (χ2n) is 8.13. The smallest absolute Gasteiger partial charge is 0.243 e. The van der Waals surface area contributed by atoms with E-state index in [0.29, 0.717) is 24.6 Å². The van der Waals surface area contributed by atoms with Crippen LogP contribution in [-0.4, -0.2) is 43.5 Å². The molecule has 166 valence electrons. The molecular weight excluding hydrogens is 426 g/mol. The Morgan fingerprint density at radius 2 is 1.72 bits per heavy atom. The fourth-order valence-corrected chi connectivity index (χ4v) is 5.48. The summed E-state index contributed by atoms with van der Waals surface area (Å²) >= 11 is 0. The van der Waals surface area contributed by atoms with Crippen LogP contribution in [0, 0.1) is 0 Å². The van der Waals surface area contributed by atoms with Crippen molar-refractivity contribution in [2.75, 3.05) is 20.8 Å². The highest BCUT2D eigenvalue weighted by atomic mass is 32.2. The van der Waals surface area contributed by atoms with Crippen LogP contribution in [0.25, 0.3) is 11.3 Å². The molecule has 0 radical (unpaired) electrons. The Labute approximate surface area is 188 Å². The first-order valence-corrected chi connectivity index (χ1v) is 12.1. The third-order valence-corrected chi connectivity index (χ3v) is 7.87. The van der Waals surface area contributed by atoms with Gasteiger partial charge in [0.25, 0.3) is 0 Å². The molecule has 0 amide bonds. The molecule has 0 saturated heterocycles. The van der Waals surface area contributed by atoms with Gasteiger partial charge in [0, 0.05) is 42.6 Å². The van der Waals surface area contributed by atoms with E-state index in [4.69, 9.17) is 19.4 Å². The molecule has 0 bridgehead atoms. The van der Waals surface area contributed by atoms with Gasteiger partial charge in [0.05, 0.1) is 30.5 Å². The van der Waals surface area contributed by atoms with E-state index in [1.807, 2.05) is 24.3 Å². The summed E-state index contributed by atoms with van der Waals surface area (Å²) in [6.07, 6.45) is 2.78. The van der Waals surface area contributed by atoms with Gasteiger partial charge < -0.3 is 9.47 Å². The summed E-state index contributed by atoms with van der Waals surface area (Å²) in [6, 6.07) is 14.3. The van der Waals surface area contributed by atoms with Gasteiger partial charge in [-0.2, -0.15) is 4.31 Å². The molecule has 1 fully saturated rings. The first kappa shape index (κ1) is 20.9. The quantitative estimate of drug-likeness (QED) is 0.567. The molecule has 1 aliphatic carbocycles. The van der Waals surface area contributed by atoms with Crippen LogP contribution in [0.3, 0.4) is 0 Å². The van der Waals surface area contributed by atoms with Crippen molar-refractivity contribution in [2.24, 2.45) is 0 Å². The van der Waals surface area contributed by atoms with Gasteiger partial charge in [0.15, 0.2) is 0 Å². The van der Waals surface area contributed by atoms with Crippen LogP contribution in [0.15, 0.2) is 53.4 Å². The summed E-state index contributed by atoms with van der Waals surface area (Å²) in [5, 5.41) is 0. The second kappa shape index (κ2) is 8.18. The highest BCUT2D eigenvalue weighted by molar-refractivity contribution is 7.89. The van der Waals surface area contributed by atoms with Crippen LogP contribution in [-0.2, 0) is 23.0 Å². The van der Waals surface area contributed by atoms with E-state index in [9.17, 15) is 8.42 Å². The average molecular weight is 452 g/mol. The normalized spacial score (nSPS) is 16.4. The Balaban J connectivity index is 1.55. The maximum Gasteiger partial charge on any atom is 0.243 e. The van der Waals surface area contributed by atoms with E-state index in [0.717, 1.165) is 46.9 Å². The number of aromatic nitrogens is 2. The van der Waals surface area contributed by atoms with Crippen LogP contribution in [0.4, 0.5) is 0 Å². The maximum atomic E-state index is 13.4. The van der Waals surface area contributed by atoms with E-state index in [1.165, 1.54) is 11.4 Å². The minimum atomic E-state index is -3.68. The zero-order valence-electron chi connectivity index (χ0n) is 18.1. The maximum absolute atomic E-state index is 13.4. The number of benzene rings is 2. The Morgan fingerprint density at radius 1 is 0.969 bits per heavy atom. The van der Waals surface area contributed by atoms with Crippen LogP contribution in [0.2, 0.25) is 0 Å². The lowest BCUT2D eigenvalue weighted by Crippen LogP contribution is -2.37. The average Bonchev–Trinajstić information content (AvgIpc) is 3.69. The summed E-state index contributed by atoms with van der Waals surface area (Å²) in [5.41, 5.74) is 3.57. The van der Waals surface area contributed by atoms with Gasteiger partial charge in [-0.05, 0) is 49.2 Å². The van der Waals surface area contributed by atoms with Gasteiger partial charge in [-0.1, -0.05) is 6.07 Å². The predicted molar refractivity (Wildman–Crippen MR) is 120 cm³/mol. The van der Waals surface area contributed by atoms with Crippen molar-refractivity contribution in [1.82, 2.24) is 14.3 Å². The molecule has 0 unspecified atom stereocenters. The molecule has 1 aliphatic heterocycles. The molecule has 32 heavy (non-hydrogen) atoms. The van der Waals surface area contributed by atoms with E-state index in [1.54, 1.807) is 31.4 Å². The first-order chi connectivity index (χ1) is 15.5. The third-order valence-electron chi connectivity index (χ3n) is 6.03. The van der Waals surface area contributed by atoms with Gasteiger partial charge in [-0.15, -0.1) is 0 Å². The molecule has 0 N–H and O–H groups in total. The molecule has 3 aromatic rings. The van der Waals surface area contributed by atoms with Gasteiger partial charge in [0.1, 0.15) is 17.3 Å². The van der Waals surface area contributed by atoms with Crippen molar-refractivity contribution >= 4 is 10.0 Å². The number of ether oxygens (including phenoxy) is 2. The fourth-order valence-electron chi connectivity index (χ4n) is 4.04. The van der Waals surface area contributed by atoms with Crippen molar-refractivity contribution < 1.29 is 17.9 Å². The number of sulfonamides is 1. The summed E-state index contributed by atoms with van der Waals surface area (Å²) in [6.45, 7) is 0.622. The summed E-state index contributed by atoms with van der Waals surface area (Å²) in [4.78, 5) is 9.96. The topological polar surface area (TPSA) is 81.6 Å². The number of hydrogen-bond acceptors (Lipinski definition) is 6. The Hall–Kier alpha value is -2.97. The highest BCUT2D eigenvalue weighted by Crippen LogP contribution is 2.40. The SMILES string of the molecule is COc1ccc(-c2nc(C3CC3)nc3c2CN(S(=O)(=O)c2cccc(OC)c2)CC3)cc1. The van der Waals surface area contributed by atoms with Crippen molar-refractivity contribution in [2.45, 2.75) is 36.6 Å². The minimum Gasteiger partial charge on any atom is -0.497 e. The molecule has 0 atom stereocenters. The van der Waals surface area contributed by atoms with Crippen LogP contribution in [0.1, 0.15) is 35.8 Å². The van der Waals surface area contributed by atoms with E-state index < -0.39 is 10.0 Å². The zero-order chi connectivity index (χ0) is 22.3. The number of hydrogen-bond donors (Lipinski definition) is 0. The van der Waals surface area contributed by atoms with E-state index in [2.05, 4.69) is 0 Å². The molecule has 8 heteroatoms. The molecule has 1 saturated carbocycles. The highest BCUT2D eigenvalue weighted by Gasteiger charge is 2.34. The van der Waals surface area contributed by atoms with Gasteiger partial charge in [-0.3, -0.25) is 0 Å². The molecule has 1 aromatic heterocycles. The van der Waals surface area contributed by atoms with Gasteiger partial charge in [0.2, 0.25) is 10.0 Å². The van der Waals surface area contributed by atoms with Crippen molar-refractivity contribution in [3.8, 4) is 22.8 Å². The summed E-state index contributed by atoms with van der Waals surface area (Å²) in [7, 11) is -0.524. The van der Waals surface area contributed by atoms with E-state index in [-0.39, 0.29) is 11.4 Å². The van der Waals surface area contributed by atoms with Crippen LogP contribution < -0.4 is 9.47 Å². The van der Waals surface area contributed by atoms with Gasteiger partial charge in [-0.25, -0.2) is 18.4 Å². The number of fused-ring (bicyclic) bond motifs is 1. The van der Waals surface area contributed by atoms with Gasteiger partial charge >= 0.3 is 0 Å². The minimum absolute atomic E-state index is 0.224. The van der Waals surface area contributed by atoms with Crippen molar-refractivity contribution in [3.05, 3.63) is 65.6 Å². The number of nitrogens with zero attached hydrogens (tertiary/aromatic N) is 3. The van der Waals surface area contributed by atoms with Crippen LogP contribution in [0.5, 0.6) is 11.5 Å². The third kappa shape index (κ3) is 3.84. The molecule has 2 heterocycles. The first-order valence-electron chi connectivity index (χ1n) is 10.7. The standard InChI is InChI=1S/C24H25N3O4S/c1-30-18-10-8-16(9-11-18)23-21-15-27(13-12-22(21)25-24(26-23)17-6-7-17)32(28,29)20-5-3-4-19(14-20)31-2/h3-5,8-11,14,17H,6-7,12-13,15H2,1-2H3. The molecule has 7 nitrogen and oxygen atoms in total. The Bertz CT molecular complexity index is 1250. The molecular formula is C24H25N3O4S. The molecule has 0 spiro atoms. The Kier molecular flexibility index (Phi) is 5.35. The van der Waals surface area contributed by atoms with Crippen molar-refractivity contribution in [3.63, 3.8) is 0 Å². The molecule has 2 aromatic carbocycles. The largest absolute Gasteiger partial charge is 0.497 e. The lowest BCUT2D eigenvalue weighted by Gasteiger charge is -2.29. The second-order valence-corrected chi connectivity index (χ2v) is 10.1. The lowest BCUT2D eigenvalue weighted by molar-refractivity contribution is 0.385. The molecule has 5 rings (SSSR count). The van der Waals surface area contributed by atoms with Crippen molar-refractivity contribution in [1.29, 1.82) is 0 Å². The predicted octanol–water partition coefficient (Wildman–Crippen LogP) is 3.79. The number of rotatable bonds is 6. The Morgan fingerprint density at radius 3 is 2.41 bits per heavy atom. The summed E-state index contributed by atoms with van der Waals surface area (Å²) < 4.78 is 38.8. The van der Waals surface area contributed by atoms with Crippen LogP contribution >= 0.6 is 0 Å². The summed E-state index contributed by atoms with van der Waals surface area (Å²) in [5.74, 6) is 2.57. The fraction of sp³-hybridized carbons (Fsp3) is 0.333. The lowest BCUT2D eigenvalue weighted by atomic mass is 10.00.